The fourth-order valence-electron chi connectivity index (χ4n) is 3.45. The summed E-state index contributed by atoms with van der Waals surface area (Å²) in [6.45, 7) is 4.41. The van der Waals surface area contributed by atoms with Crippen LogP contribution in [0, 0.1) is 0 Å². The zero-order valence-corrected chi connectivity index (χ0v) is 13.8. The molecular weight excluding hydrogens is 260 g/mol. The van der Waals surface area contributed by atoms with Gasteiger partial charge in [-0.25, -0.2) is 0 Å². The van der Waals surface area contributed by atoms with Crippen molar-refractivity contribution in [3.8, 4) is 0 Å². The lowest BCUT2D eigenvalue weighted by Gasteiger charge is -2.36. The van der Waals surface area contributed by atoms with E-state index in [1.54, 1.807) is 7.11 Å². The van der Waals surface area contributed by atoms with E-state index in [-0.39, 0.29) is 5.60 Å². The Morgan fingerprint density at radius 2 is 1.62 bits per heavy atom. The van der Waals surface area contributed by atoms with Crippen LogP contribution in [0.4, 0.5) is 0 Å². The van der Waals surface area contributed by atoms with E-state index < -0.39 is 6.10 Å². The smallest absolute Gasteiger partial charge is 0.0939 e. The molecule has 1 aromatic carbocycles. The Morgan fingerprint density at radius 1 is 1.05 bits per heavy atom. The normalized spacial score (nSPS) is 20.2. The maximum atomic E-state index is 10.8. The summed E-state index contributed by atoms with van der Waals surface area (Å²) in [5.41, 5.74) is 2.21. The summed E-state index contributed by atoms with van der Waals surface area (Å²) < 4.78 is 5.80. The first-order chi connectivity index (χ1) is 10.1. The van der Waals surface area contributed by atoms with Crippen molar-refractivity contribution in [2.75, 3.05) is 7.11 Å². The molecule has 1 aliphatic carbocycles. The van der Waals surface area contributed by atoms with Crippen LogP contribution in [0.25, 0.3) is 0 Å². The third-order valence-electron chi connectivity index (χ3n) is 5.04. The van der Waals surface area contributed by atoms with Crippen molar-refractivity contribution in [2.45, 2.75) is 76.4 Å². The molecule has 1 atom stereocenters. The van der Waals surface area contributed by atoms with Crippen LogP contribution in [0.15, 0.2) is 24.3 Å². The number of aliphatic hydroxyl groups excluding tert-OH is 1. The Labute approximate surface area is 129 Å². The fraction of sp³-hybridized carbons (Fsp3) is 0.684. The average Bonchev–Trinajstić information content (AvgIpc) is 2.74. The highest BCUT2D eigenvalue weighted by molar-refractivity contribution is 5.25. The van der Waals surface area contributed by atoms with Gasteiger partial charge in [0.2, 0.25) is 0 Å². The lowest BCUT2D eigenvalue weighted by atomic mass is 9.84. The van der Waals surface area contributed by atoms with E-state index in [4.69, 9.17) is 4.74 Å². The van der Waals surface area contributed by atoms with Crippen molar-refractivity contribution in [1.82, 2.24) is 0 Å². The van der Waals surface area contributed by atoms with Crippen molar-refractivity contribution in [3.63, 3.8) is 0 Å². The van der Waals surface area contributed by atoms with Crippen LogP contribution < -0.4 is 0 Å². The van der Waals surface area contributed by atoms with Gasteiger partial charge in [-0.3, -0.25) is 0 Å². The van der Waals surface area contributed by atoms with Crippen LogP contribution in [0.5, 0.6) is 0 Å². The van der Waals surface area contributed by atoms with Crippen molar-refractivity contribution < 1.29 is 9.84 Å². The summed E-state index contributed by atoms with van der Waals surface area (Å²) in [4.78, 5) is 0. The highest BCUT2D eigenvalue weighted by atomic mass is 16.5. The molecule has 0 bridgehead atoms. The van der Waals surface area contributed by atoms with Gasteiger partial charge in [-0.1, -0.05) is 63.8 Å². The highest BCUT2D eigenvalue weighted by Crippen LogP contribution is 2.34. The van der Waals surface area contributed by atoms with Gasteiger partial charge in [-0.2, -0.15) is 0 Å². The maximum Gasteiger partial charge on any atom is 0.0939 e. The summed E-state index contributed by atoms with van der Waals surface area (Å²) in [5, 5.41) is 10.8. The first kappa shape index (κ1) is 16.5. The van der Waals surface area contributed by atoms with E-state index in [2.05, 4.69) is 38.1 Å². The summed E-state index contributed by atoms with van der Waals surface area (Å²) in [5.74, 6) is 0.552. The van der Waals surface area contributed by atoms with Gasteiger partial charge in [0.15, 0.2) is 0 Å². The molecule has 0 aromatic heterocycles. The number of aliphatic hydroxyl groups is 1. The standard InChI is InChI=1S/C19H30O2/c1-15(2)17-10-8-16(9-11-17)14-18(20)19(21-3)12-6-4-5-7-13-19/h8-11,15,18,20H,4-7,12-14H2,1-3H3. The Balaban J connectivity index is 2.05. The quantitative estimate of drug-likeness (QED) is 0.812. The van der Waals surface area contributed by atoms with Gasteiger partial charge in [0.25, 0.3) is 0 Å². The van der Waals surface area contributed by atoms with Gasteiger partial charge in [-0.15, -0.1) is 0 Å². The van der Waals surface area contributed by atoms with Crippen LogP contribution in [-0.2, 0) is 11.2 Å². The average molecular weight is 290 g/mol. The molecule has 1 aromatic rings. The molecule has 0 saturated heterocycles. The fourth-order valence-corrected chi connectivity index (χ4v) is 3.45. The molecule has 1 aliphatic rings. The number of ether oxygens (including phenoxy) is 1. The largest absolute Gasteiger partial charge is 0.390 e. The number of rotatable bonds is 5. The monoisotopic (exact) mass is 290 g/mol. The van der Waals surface area contributed by atoms with Crippen LogP contribution in [0.2, 0.25) is 0 Å². The molecule has 1 N–H and O–H groups in total. The minimum atomic E-state index is -0.412. The van der Waals surface area contributed by atoms with Crippen molar-refractivity contribution >= 4 is 0 Å². The molecule has 0 aliphatic heterocycles. The Morgan fingerprint density at radius 3 is 2.10 bits per heavy atom. The molecule has 1 unspecified atom stereocenters. The Hall–Kier alpha value is -0.860. The van der Waals surface area contributed by atoms with E-state index >= 15 is 0 Å². The number of benzene rings is 1. The van der Waals surface area contributed by atoms with E-state index in [0.717, 1.165) is 25.7 Å². The molecule has 2 nitrogen and oxygen atoms in total. The molecule has 1 saturated carbocycles. The van der Waals surface area contributed by atoms with Crippen LogP contribution >= 0.6 is 0 Å². The van der Waals surface area contributed by atoms with Gasteiger partial charge in [0, 0.05) is 13.5 Å². The first-order valence-electron chi connectivity index (χ1n) is 8.39. The van der Waals surface area contributed by atoms with E-state index in [0.29, 0.717) is 12.3 Å². The molecule has 2 heteroatoms. The van der Waals surface area contributed by atoms with E-state index in [1.807, 2.05) is 0 Å². The lowest BCUT2D eigenvalue weighted by molar-refractivity contribution is -0.111. The summed E-state index contributed by atoms with van der Waals surface area (Å²) in [7, 11) is 1.76. The number of methoxy groups -OCH3 is 1. The van der Waals surface area contributed by atoms with Crippen molar-refractivity contribution in [1.29, 1.82) is 0 Å². The molecule has 0 radical (unpaired) electrons. The lowest BCUT2D eigenvalue weighted by Crippen LogP contribution is -2.45. The zero-order chi connectivity index (χ0) is 15.3. The topological polar surface area (TPSA) is 29.5 Å². The number of hydrogen-bond donors (Lipinski definition) is 1. The molecule has 21 heavy (non-hydrogen) atoms. The predicted molar refractivity (Wildman–Crippen MR) is 87.7 cm³/mol. The SMILES string of the molecule is COC1(C(O)Cc2ccc(C(C)C)cc2)CCCCCC1. The minimum Gasteiger partial charge on any atom is -0.390 e. The molecule has 118 valence electrons. The summed E-state index contributed by atoms with van der Waals surface area (Å²) in [6, 6.07) is 8.66. The van der Waals surface area contributed by atoms with Gasteiger partial charge in [-0.05, 0) is 29.9 Å². The molecule has 2 rings (SSSR count). The third kappa shape index (κ3) is 4.08. The second kappa shape index (κ2) is 7.42. The van der Waals surface area contributed by atoms with Crippen LogP contribution in [0.3, 0.4) is 0 Å². The first-order valence-corrected chi connectivity index (χ1v) is 8.39. The van der Waals surface area contributed by atoms with E-state index in [9.17, 15) is 5.11 Å². The molecule has 0 spiro atoms. The van der Waals surface area contributed by atoms with Gasteiger partial charge in [0.05, 0.1) is 11.7 Å². The minimum absolute atomic E-state index is 0.340. The number of hydrogen-bond acceptors (Lipinski definition) is 2. The molecule has 1 fully saturated rings. The highest BCUT2D eigenvalue weighted by Gasteiger charge is 2.38. The second-order valence-electron chi connectivity index (χ2n) is 6.80. The maximum absolute atomic E-state index is 10.8. The van der Waals surface area contributed by atoms with Crippen molar-refractivity contribution in [2.24, 2.45) is 0 Å². The predicted octanol–water partition coefficient (Wildman–Crippen LogP) is 4.45. The third-order valence-corrected chi connectivity index (χ3v) is 5.04. The molecule has 0 heterocycles. The van der Waals surface area contributed by atoms with Gasteiger partial charge >= 0.3 is 0 Å². The Kier molecular flexibility index (Phi) is 5.83. The van der Waals surface area contributed by atoms with Crippen molar-refractivity contribution in [3.05, 3.63) is 35.4 Å². The molecule has 0 amide bonds. The summed E-state index contributed by atoms with van der Waals surface area (Å²) >= 11 is 0. The molecular formula is C19H30O2. The van der Waals surface area contributed by atoms with Crippen LogP contribution in [-0.4, -0.2) is 23.9 Å². The van der Waals surface area contributed by atoms with Crippen LogP contribution in [0.1, 0.15) is 69.4 Å². The summed E-state index contributed by atoms with van der Waals surface area (Å²) in [6.07, 6.45) is 7.09. The second-order valence-corrected chi connectivity index (χ2v) is 6.80. The van der Waals surface area contributed by atoms with Gasteiger partial charge < -0.3 is 9.84 Å². The zero-order valence-electron chi connectivity index (χ0n) is 13.8. The Bertz CT molecular complexity index is 414. The van der Waals surface area contributed by atoms with Gasteiger partial charge in [0.1, 0.15) is 0 Å². The van der Waals surface area contributed by atoms with E-state index in [1.165, 1.54) is 24.0 Å².